The molecule has 0 bridgehead atoms. The molecule has 2 atom stereocenters. The summed E-state index contributed by atoms with van der Waals surface area (Å²) in [4.78, 5) is 18.6. The molecule has 0 aromatic carbocycles. The first-order valence-electron chi connectivity index (χ1n) is 5.56. The molecule has 0 aliphatic carbocycles. The van der Waals surface area contributed by atoms with Crippen molar-refractivity contribution in [3.05, 3.63) is 23.8 Å². The van der Waals surface area contributed by atoms with Crippen LogP contribution in [0.1, 0.15) is 29.4 Å². The number of carboxylic acid groups (broad SMARTS) is 1. The number of carbonyl (C=O) groups is 1. The van der Waals surface area contributed by atoms with Gasteiger partial charge in [-0.2, -0.15) is 0 Å². The number of rotatable bonds is 7. The standard InChI is InChI=1S/C11H17N3O3S/c1-8(3-4-18(2)17)13-6-10-9(11(15)16)5-12-7-14-10/h5,7-8,13H,3-4,6H2,1-2H3,(H,15,16). The summed E-state index contributed by atoms with van der Waals surface area (Å²) in [5.41, 5.74) is 0.568. The van der Waals surface area contributed by atoms with E-state index in [0.29, 0.717) is 18.0 Å². The lowest BCUT2D eigenvalue weighted by molar-refractivity contribution is 0.0694. The molecule has 2 N–H and O–H groups in total. The highest BCUT2D eigenvalue weighted by Crippen LogP contribution is 2.04. The lowest BCUT2D eigenvalue weighted by Gasteiger charge is -2.13. The number of nitrogens with zero attached hydrogens (tertiary/aromatic N) is 2. The highest BCUT2D eigenvalue weighted by molar-refractivity contribution is 7.84. The van der Waals surface area contributed by atoms with Crippen molar-refractivity contribution in [1.82, 2.24) is 15.3 Å². The molecule has 0 radical (unpaired) electrons. The fourth-order valence-electron chi connectivity index (χ4n) is 1.39. The lowest BCUT2D eigenvalue weighted by atomic mass is 10.2. The molecule has 0 amide bonds. The monoisotopic (exact) mass is 271 g/mol. The first kappa shape index (κ1) is 14.7. The normalized spacial score (nSPS) is 14.1. The zero-order chi connectivity index (χ0) is 13.5. The summed E-state index contributed by atoms with van der Waals surface area (Å²) in [6.45, 7) is 2.33. The SMILES string of the molecule is CC(CCS(C)=O)NCc1ncncc1C(=O)O. The molecule has 0 saturated heterocycles. The molecule has 0 fully saturated rings. The highest BCUT2D eigenvalue weighted by Gasteiger charge is 2.12. The van der Waals surface area contributed by atoms with Gasteiger partial charge in [-0.1, -0.05) is 0 Å². The molecule has 6 nitrogen and oxygen atoms in total. The van der Waals surface area contributed by atoms with Gasteiger partial charge in [-0.25, -0.2) is 14.8 Å². The highest BCUT2D eigenvalue weighted by atomic mass is 32.2. The van der Waals surface area contributed by atoms with Crippen molar-refractivity contribution in [2.24, 2.45) is 0 Å². The Balaban J connectivity index is 2.53. The maximum atomic E-state index is 11.0. The van der Waals surface area contributed by atoms with E-state index in [0.717, 1.165) is 6.42 Å². The molecule has 1 rings (SSSR count). The Morgan fingerprint density at radius 1 is 1.61 bits per heavy atom. The van der Waals surface area contributed by atoms with E-state index in [4.69, 9.17) is 5.11 Å². The smallest absolute Gasteiger partial charge is 0.339 e. The molecule has 18 heavy (non-hydrogen) atoms. The zero-order valence-electron chi connectivity index (χ0n) is 10.4. The number of aromatic carboxylic acids is 1. The van der Waals surface area contributed by atoms with Gasteiger partial charge in [-0.15, -0.1) is 0 Å². The molecule has 1 heterocycles. The van der Waals surface area contributed by atoms with Crippen LogP contribution in [0.5, 0.6) is 0 Å². The van der Waals surface area contributed by atoms with Crippen LogP contribution in [0, 0.1) is 0 Å². The second kappa shape index (κ2) is 7.17. The van der Waals surface area contributed by atoms with Crippen molar-refractivity contribution in [2.75, 3.05) is 12.0 Å². The predicted molar refractivity (Wildman–Crippen MR) is 68.8 cm³/mol. The molecule has 0 aliphatic heterocycles. The summed E-state index contributed by atoms with van der Waals surface area (Å²) >= 11 is 0. The third kappa shape index (κ3) is 4.89. The Bertz CT molecular complexity index is 439. The van der Waals surface area contributed by atoms with Crippen LogP contribution >= 0.6 is 0 Å². The van der Waals surface area contributed by atoms with Gasteiger partial charge in [-0.3, -0.25) is 4.21 Å². The molecule has 0 spiro atoms. The summed E-state index contributed by atoms with van der Waals surface area (Å²) in [5, 5.41) is 12.1. The van der Waals surface area contributed by atoms with Gasteiger partial charge in [-0.05, 0) is 13.3 Å². The van der Waals surface area contributed by atoms with Crippen molar-refractivity contribution in [1.29, 1.82) is 0 Å². The minimum absolute atomic E-state index is 0.108. The Morgan fingerprint density at radius 2 is 2.33 bits per heavy atom. The summed E-state index contributed by atoms with van der Waals surface area (Å²) < 4.78 is 11.0. The predicted octanol–water partition coefficient (Wildman–Crippen LogP) is 0.421. The van der Waals surface area contributed by atoms with Gasteiger partial charge >= 0.3 is 5.97 Å². The van der Waals surface area contributed by atoms with Crippen molar-refractivity contribution >= 4 is 16.8 Å². The topological polar surface area (TPSA) is 92.2 Å². The molecule has 0 saturated carbocycles. The van der Waals surface area contributed by atoms with E-state index in [2.05, 4.69) is 15.3 Å². The number of nitrogens with one attached hydrogen (secondary N) is 1. The minimum Gasteiger partial charge on any atom is -0.478 e. The quantitative estimate of drug-likeness (QED) is 0.746. The molecule has 0 aliphatic rings. The van der Waals surface area contributed by atoms with Crippen LogP contribution in [0.15, 0.2) is 12.5 Å². The van der Waals surface area contributed by atoms with Gasteiger partial charge in [0, 0.05) is 41.6 Å². The van der Waals surface area contributed by atoms with E-state index >= 15 is 0 Å². The second-order valence-electron chi connectivity index (χ2n) is 4.04. The molecular formula is C11H17N3O3S. The van der Waals surface area contributed by atoms with Crippen LogP contribution in [-0.4, -0.2) is 43.3 Å². The van der Waals surface area contributed by atoms with Crippen molar-refractivity contribution in [3.63, 3.8) is 0 Å². The van der Waals surface area contributed by atoms with E-state index in [9.17, 15) is 9.00 Å². The maximum absolute atomic E-state index is 11.0. The Kier molecular flexibility index (Phi) is 5.87. The van der Waals surface area contributed by atoms with E-state index in [1.54, 1.807) is 6.26 Å². The summed E-state index contributed by atoms with van der Waals surface area (Å²) in [5.74, 6) is -0.404. The van der Waals surface area contributed by atoms with Gasteiger partial charge in [0.2, 0.25) is 0 Å². The van der Waals surface area contributed by atoms with Crippen LogP contribution in [-0.2, 0) is 17.3 Å². The molecule has 100 valence electrons. The lowest BCUT2D eigenvalue weighted by Crippen LogP contribution is -2.28. The minimum atomic E-state index is -1.03. The molecule has 1 aromatic heterocycles. The van der Waals surface area contributed by atoms with Crippen molar-refractivity contribution in [2.45, 2.75) is 25.9 Å². The fraction of sp³-hybridized carbons (Fsp3) is 0.545. The third-order valence-electron chi connectivity index (χ3n) is 2.48. The number of aromatic nitrogens is 2. The van der Waals surface area contributed by atoms with Gasteiger partial charge in [0.05, 0.1) is 5.69 Å². The van der Waals surface area contributed by atoms with Gasteiger partial charge < -0.3 is 10.4 Å². The number of carboxylic acids is 1. The summed E-state index contributed by atoms with van der Waals surface area (Å²) in [6, 6.07) is 0.158. The Hall–Kier alpha value is -1.34. The molecule has 7 heteroatoms. The number of hydrogen-bond donors (Lipinski definition) is 2. The largest absolute Gasteiger partial charge is 0.478 e. The summed E-state index contributed by atoms with van der Waals surface area (Å²) in [7, 11) is -0.806. The average molecular weight is 271 g/mol. The van der Waals surface area contributed by atoms with Crippen molar-refractivity contribution in [3.8, 4) is 0 Å². The fourth-order valence-corrected chi connectivity index (χ4v) is 2.08. The van der Waals surface area contributed by atoms with Gasteiger partial charge in [0.25, 0.3) is 0 Å². The molecule has 2 unspecified atom stereocenters. The second-order valence-corrected chi connectivity index (χ2v) is 5.59. The van der Waals surface area contributed by atoms with Gasteiger partial charge in [0.1, 0.15) is 11.9 Å². The first-order chi connectivity index (χ1) is 8.50. The van der Waals surface area contributed by atoms with Crippen LogP contribution < -0.4 is 5.32 Å². The van der Waals surface area contributed by atoms with E-state index in [-0.39, 0.29) is 11.6 Å². The Labute approximate surface area is 108 Å². The molecular weight excluding hydrogens is 254 g/mol. The van der Waals surface area contributed by atoms with Crippen molar-refractivity contribution < 1.29 is 14.1 Å². The number of hydrogen-bond acceptors (Lipinski definition) is 5. The van der Waals surface area contributed by atoms with Crippen LogP contribution in [0.4, 0.5) is 0 Å². The zero-order valence-corrected chi connectivity index (χ0v) is 11.2. The molecule has 1 aromatic rings. The van der Waals surface area contributed by atoms with Crippen LogP contribution in [0.25, 0.3) is 0 Å². The average Bonchev–Trinajstić information content (AvgIpc) is 2.34. The van der Waals surface area contributed by atoms with Crippen LogP contribution in [0.3, 0.4) is 0 Å². The Morgan fingerprint density at radius 3 is 2.94 bits per heavy atom. The van der Waals surface area contributed by atoms with E-state index < -0.39 is 16.8 Å². The summed E-state index contributed by atoms with van der Waals surface area (Å²) in [6.07, 6.45) is 5.06. The van der Waals surface area contributed by atoms with E-state index in [1.165, 1.54) is 12.5 Å². The maximum Gasteiger partial charge on any atom is 0.339 e. The first-order valence-corrected chi connectivity index (χ1v) is 7.29. The van der Waals surface area contributed by atoms with Gasteiger partial charge in [0.15, 0.2) is 0 Å². The van der Waals surface area contributed by atoms with E-state index in [1.807, 2.05) is 6.92 Å². The van der Waals surface area contributed by atoms with Crippen LogP contribution in [0.2, 0.25) is 0 Å². The third-order valence-corrected chi connectivity index (χ3v) is 3.29.